The van der Waals surface area contributed by atoms with Gasteiger partial charge < -0.3 is 9.47 Å². The molecule has 4 aromatic rings. The molecule has 1 N–H and O–H groups in total. The summed E-state index contributed by atoms with van der Waals surface area (Å²) in [6, 6.07) is 27.0. The van der Waals surface area contributed by atoms with E-state index in [2.05, 4.69) is 23.5 Å². The highest BCUT2D eigenvalue weighted by Crippen LogP contribution is 2.25. The van der Waals surface area contributed by atoms with Crippen LogP contribution in [0.25, 0.3) is 16.8 Å². The van der Waals surface area contributed by atoms with Gasteiger partial charge in [0.05, 0.1) is 12.3 Å². The van der Waals surface area contributed by atoms with Crippen molar-refractivity contribution in [2.24, 2.45) is 0 Å². The molecule has 0 aromatic heterocycles. The Morgan fingerprint density at radius 1 is 0.784 bits per heavy atom. The van der Waals surface area contributed by atoms with Crippen molar-refractivity contribution in [2.75, 3.05) is 11.5 Å². The highest BCUT2D eigenvalue weighted by atomic mass is 16.5. The van der Waals surface area contributed by atoms with Crippen molar-refractivity contribution in [3.05, 3.63) is 108 Å². The van der Waals surface area contributed by atoms with Crippen LogP contribution in [0.2, 0.25) is 0 Å². The zero-order valence-electron chi connectivity index (χ0n) is 20.1. The summed E-state index contributed by atoms with van der Waals surface area (Å²) in [6.45, 7) is 2.76. The molecule has 5 rings (SSSR count). The van der Waals surface area contributed by atoms with E-state index in [9.17, 15) is 14.4 Å². The minimum Gasteiger partial charge on any atom is -0.494 e. The summed E-state index contributed by atoms with van der Waals surface area (Å²) < 4.78 is 11.4. The largest absolute Gasteiger partial charge is 0.494 e. The Morgan fingerprint density at radius 2 is 1.46 bits per heavy atom. The third kappa shape index (κ3) is 5.06. The zero-order chi connectivity index (χ0) is 25.8. The lowest BCUT2D eigenvalue weighted by Gasteiger charge is -2.26. The highest BCUT2D eigenvalue weighted by molar-refractivity contribution is 6.39. The molecule has 0 unspecified atom stereocenters. The monoisotopic (exact) mass is 492 g/mol. The fraction of sp³-hybridized carbons (Fsp3) is 0.100. The van der Waals surface area contributed by atoms with Crippen LogP contribution in [0.15, 0.2) is 96.6 Å². The predicted octanol–water partition coefficient (Wildman–Crippen LogP) is 5.48. The Bertz CT molecular complexity index is 1500. The van der Waals surface area contributed by atoms with Gasteiger partial charge in [0.15, 0.2) is 0 Å². The van der Waals surface area contributed by atoms with Crippen LogP contribution in [0.5, 0.6) is 11.5 Å². The van der Waals surface area contributed by atoms with Crippen molar-refractivity contribution in [1.29, 1.82) is 0 Å². The van der Waals surface area contributed by atoms with E-state index in [1.54, 1.807) is 48.5 Å². The first kappa shape index (κ1) is 23.8. The summed E-state index contributed by atoms with van der Waals surface area (Å²) in [4.78, 5) is 39.0. The second-order valence-corrected chi connectivity index (χ2v) is 8.38. The van der Waals surface area contributed by atoms with Crippen molar-refractivity contribution >= 4 is 40.4 Å². The van der Waals surface area contributed by atoms with Crippen LogP contribution in [-0.4, -0.2) is 24.5 Å². The van der Waals surface area contributed by atoms with Crippen molar-refractivity contribution in [1.82, 2.24) is 5.32 Å². The Labute approximate surface area is 213 Å². The van der Waals surface area contributed by atoms with Gasteiger partial charge in [0.25, 0.3) is 11.8 Å². The van der Waals surface area contributed by atoms with Crippen LogP contribution in [0.3, 0.4) is 0 Å². The number of nitrogens with zero attached hydrogens (tertiary/aromatic N) is 1. The molecule has 1 heterocycles. The average Bonchev–Trinajstić information content (AvgIpc) is 2.91. The van der Waals surface area contributed by atoms with Crippen LogP contribution in [0, 0.1) is 0 Å². The lowest BCUT2D eigenvalue weighted by Crippen LogP contribution is -2.54. The van der Waals surface area contributed by atoms with E-state index in [4.69, 9.17) is 9.47 Å². The highest BCUT2D eigenvalue weighted by Gasteiger charge is 2.36. The number of rotatable bonds is 7. The number of fused-ring (bicyclic) bond motifs is 1. The molecule has 0 aliphatic carbocycles. The fourth-order valence-electron chi connectivity index (χ4n) is 4.16. The first-order valence-electron chi connectivity index (χ1n) is 11.9. The minimum atomic E-state index is -0.798. The van der Waals surface area contributed by atoms with Crippen molar-refractivity contribution in [3.63, 3.8) is 0 Å². The SMILES string of the molecule is CCOc1ccc(N2C(=O)NC(=O)/C(=C\c3ccc(OCc4cccc5ccccc45)cc3)C2=O)cc1. The molecule has 37 heavy (non-hydrogen) atoms. The quantitative estimate of drug-likeness (QED) is 0.273. The third-order valence-corrected chi connectivity index (χ3v) is 5.97. The number of carbonyl (C=O) groups excluding carboxylic acids is 3. The van der Waals surface area contributed by atoms with Gasteiger partial charge in [-0.3, -0.25) is 14.9 Å². The Hall–Kier alpha value is -4.91. The molecule has 7 heteroatoms. The number of barbiturate groups is 1. The molecule has 184 valence electrons. The van der Waals surface area contributed by atoms with Gasteiger partial charge in [-0.2, -0.15) is 0 Å². The molecule has 0 spiro atoms. The second kappa shape index (κ2) is 10.4. The molecular formula is C30H24N2O5. The molecule has 0 bridgehead atoms. The number of urea groups is 1. The van der Waals surface area contributed by atoms with E-state index in [-0.39, 0.29) is 5.57 Å². The lowest BCUT2D eigenvalue weighted by molar-refractivity contribution is -0.122. The van der Waals surface area contributed by atoms with Crippen molar-refractivity contribution < 1.29 is 23.9 Å². The Morgan fingerprint density at radius 3 is 2.22 bits per heavy atom. The number of nitrogens with one attached hydrogen (secondary N) is 1. The number of benzene rings is 4. The fourth-order valence-corrected chi connectivity index (χ4v) is 4.16. The van der Waals surface area contributed by atoms with Crippen LogP contribution in [-0.2, 0) is 16.2 Å². The van der Waals surface area contributed by atoms with E-state index in [0.717, 1.165) is 21.2 Å². The minimum absolute atomic E-state index is 0.141. The van der Waals surface area contributed by atoms with Gasteiger partial charge in [-0.25, -0.2) is 9.69 Å². The molecule has 1 saturated heterocycles. The summed E-state index contributed by atoms with van der Waals surface area (Å²) in [6.07, 6.45) is 1.46. The van der Waals surface area contributed by atoms with E-state index in [0.29, 0.717) is 36.0 Å². The normalized spacial score (nSPS) is 14.7. The van der Waals surface area contributed by atoms with Crippen LogP contribution in [0.1, 0.15) is 18.1 Å². The number of hydrogen-bond donors (Lipinski definition) is 1. The predicted molar refractivity (Wildman–Crippen MR) is 141 cm³/mol. The van der Waals surface area contributed by atoms with Crippen LogP contribution < -0.4 is 19.7 Å². The zero-order valence-corrected chi connectivity index (χ0v) is 20.1. The number of ether oxygens (including phenoxy) is 2. The summed E-state index contributed by atoms with van der Waals surface area (Å²) in [7, 11) is 0. The molecular weight excluding hydrogens is 468 g/mol. The maximum atomic E-state index is 13.1. The number of anilines is 1. The lowest BCUT2D eigenvalue weighted by atomic mass is 10.1. The van der Waals surface area contributed by atoms with E-state index < -0.39 is 17.8 Å². The van der Waals surface area contributed by atoms with E-state index in [1.807, 2.05) is 31.2 Å². The van der Waals surface area contributed by atoms with Crippen LogP contribution >= 0.6 is 0 Å². The molecule has 1 aliphatic rings. The average molecular weight is 493 g/mol. The van der Waals surface area contributed by atoms with Crippen molar-refractivity contribution in [3.8, 4) is 11.5 Å². The van der Waals surface area contributed by atoms with Gasteiger partial charge in [0.1, 0.15) is 23.7 Å². The number of hydrogen-bond acceptors (Lipinski definition) is 5. The maximum absolute atomic E-state index is 13.1. The smallest absolute Gasteiger partial charge is 0.335 e. The van der Waals surface area contributed by atoms with E-state index >= 15 is 0 Å². The van der Waals surface area contributed by atoms with Gasteiger partial charge in [0, 0.05) is 0 Å². The molecule has 0 saturated carbocycles. The molecule has 4 aromatic carbocycles. The second-order valence-electron chi connectivity index (χ2n) is 8.38. The van der Waals surface area contributed by atoms with Gasteiger partial charge >= 0.3 is 6.03 Å². The topological polar surface area (TPSA) is 84.9 Å². The molecule has 7 nitrogen and oxygen atoms in total. The van der Waals surface area contributed by atoms with E-state index in [1.165, 1.54) is 6.08 Å². The summed E-state index contributed by atoms with van der Waals surface area (Å²) in [5, 5.41) is 4.53. The molecule has 4 amide bonds. The van der Waals surface area contributed by atoms with Gasteiger partial charge in [0.2, 0.25) is 0 Å². The Balaban J connectivity index is 1.32. The van der Waals surface area contributed by atoms with Crippen LogP contribution in [0.4, 0.5) is 10.5 Å². The molecule has 0 atom stereocenters. The summed E-state index contributed by atoms with van der Waals surface area (Å²) in [5.74, 6) is -0.172. The first-order valence-corrected chi connectivity index (χ1v) is 11.9. The maximum Gasteiger partial charge on any atom is 0.335 e. The standard InChI is InChI=1S/C30H24N2O5/c1-2-36-24-16-12-23(13-17-24)32-29(34)27(28(33)31-30(32)35)18-20-10-14-25(15-11-20)37-19-22-8-5-7-21-6-3-4-9-26(21)22/h3-18H,2,19H2,1H3,(H,31,33,35)/b27-18+. The van der Waals surface area contributed by atoms with Gasteiger partial charge in [-0.1, -0.05) is 54.6 Å². The Kier molecular flexibility index (Phi) is 6.68. The summed E-state index contributed by atoms with van der Waals surface area (Å²) >= 11 is 0. The van der Waals surface area contributed by atoms with Gasteiger partial charge in [-0.15, -0.1) is 0 Å². The molecule has 0 radical (unpaired) electrons. The third-order valence-electron chi connectivity index (χ3n) is 5.97. The summed E-state index contributed by atoms with van der Waals surface area (Å²) in [5.41, 5.74) is 1.89. The first-order chi connectivity index (χ1) is 18.0. The van der Waals surface area contributed by atoms with Gasteiger partial charge in [-0.05, 0) is 71.3 Å². The number of amides is 4. The molecule has 1 fully saturated rings. The van der Waals surface area contributed by atoms with Crippen molar-refractivity contribution in [2.45, 2.75) is 13.5 Å². The molecule has 1 aliphatic heterocycles. The number of carbonyl (C=O) groups is 3. The number of imide groups is 2.